The van der Waals surface area contributed by atoms with E-state index in [1.807, 2.05) is 0 Å². The molecule has 0 radical (unpaired) electrons. The Morgan fingerprint density at radius 2 is 2.12 bits per heavy atom. The minimum Gasteiger partial charge on any atom is -0.381 e. The van der Waals surface area contributed by atoms with Crippen molar-refractivity contribution in [2.45, 2.75) is 45.3 Å². The van der Waals surface area contributed by atoms with Crippen LogP contribution in [0.25, 0.3) is 0 Å². The third-order valence-electron chi connectivity index (χ3n) is 4.02. The highest BCUT2D eigenvalue weighted by molar-refractivity contribution is 14.0. The number of aryl methyl sites for hydroxylation is 1. The number of nitrogens with zero attached hydrogens (tertiary/aromatic N) is 4. The molecular weight excluding hydrogens is 435 g/mol. The summed E-state index contributed by atoms with van der Waals surface area (Å²) in [4.78, 5) is 4.23. The van der Waals surface area contributed by atoms with Crippen LogP contribution in [0, 0.1) is 0 Å². The highest BCUT2D eigenvalue weighted by Crippen LogP contribution is 2.10. The molecule has 0 unspecified atom stereocenters. The molecule has 1 aromatic heterocycles. The molecule has 2 heterocycles. The van der Waals surface area contributed by atoms with Crippen LogP contribution in [0.4, 0.5) is 0 Å². The Morgan fingerprint density at radius 1 is 1.36 bits per heavy atom. The summed E-state index contributed by atoms with van der Waals surface area (Å²) in [5.74, 6) is 1.82. The van der Waals surface area contributed by atoms with Gasteiger partial charge in [-0.1, -0.05) is 6.92 Å². The van der Waals surface area contributed by atoms with Crippen molar-refractivity contribution >= 4 is 29.9 Å². The number of aliphatic imine (C=N–C) groups is 1. The van der Waals surface area contributed by atoms with E-state index in [0.717, 1.165) is 76.9 Å². The summed E-state index contributed by atoms with van der Waals surface area (Å²) in [6.45, 7) is 6.95. The van der Waals surface area contributed by atoms with Gasteiger partial charge in [0.2, 0.25) is 0 Å². The maximum atomic E-state index is 5.86. The number of guanidine groups is 1. The molecule has 0 aliphatic carbocycles. The molecule has 8 nitrogen and oxygen atoms in total. The lowest BCUT2D eigenvalue weighted by Crippen LogP contribution is -2.39. The van der Waals surface area contributed by atoms with Crippen LogP contribution in [0.3, 0.4) is 0 Å². The van der Waals surface area contributed by atoms with Gasteiger partial charge >= 0.3 is 0 Å². The summed E-state index contributed by atoms with van der Waals surface area (Å²) in [6.07, 6.45) is 6.01. The number of rotatable bonds is 9. The van der Waals surface area contributed by atoms with Gasteiger partial charge in [0.1, 0.15) is 12.2 Å². The third kappa shape index (κ3) is 8.32. The Balaban J connectivity index is 0.00000312. The summed E-state index contributed by atoms with van der Waals surface area (Å²) in [5.41, 5.74) is 0. The van der Waals surface area contributed by atoms with Crippen LogP contribution >= 0.6 is 24.0 Å². The Labute approximate surface area is 167 Å². The fraction of sp³-hybridized carbons (Fsp3) is 0.812. The highest BCUT2D eigenvalue weighted by atomic mass is 127. The van der Waals surface area contributed by atoms with Crippen molar-refractivity contribution in [3.05, 3.63) is 12.2 Å². The first-order valence-corrected chi connectivity index (χ1v) is 8.84. The van der Waals surface area contributed by atoms with Crippen molar-refractivity contribution in [1.82, 2.24) is 25.4 Å². The molecule has 0 bridgehead atoms. The van der Waals surface area contributed by atoms with Crippen LogP contribution in [0.2, 0.25) is 0 Å². The summed E-state index contributed by atoms with van der Waals surface area (Å²) in [7, 11) is 1.78. The van der Waals surface area contributed by atoms with Crippen LogP contribution in [0.5, 0.6) is 0 Å². The molecule has 1 fully saturated rings. The number of ether oxygens (including phenoxy) is 2. The second-order valence-electron chi connectivity index (χ2n) is 5.76. The van der Waals surface area contributed by atoms with Gasteiger partial charge in [-0.15, -0.1) is 34.2 Å². The smallest absolute Gasteiger partial charge is 0.191 e. The van der Waals surface area contributed by atoms with E-state index in [1.165, 1.54) is 0 Å². The minimum atomic E-state index is 0. The summed E-state index contributed by atoms with van der Waals surface area (Å²) >= 11 is 0. The van der Waals surface area contributed by atoms with E-state index in [9.17, 15) is 0 Å². The average Bonchev–Trinajstić information content (AvgIpc) is 3.08. The molecule has 0 atom stereocenters. The summed E-state index contributed by atoms with van der Waals surface area (Å²) in [6, 6.07) is 0. The van der Waals surface area contributed by atoms with Gasteiger partial charge in [0.25, 0.3) is 0 Å². The molecule has 1 aromatic rings. The van der Waals surface area contributed by atoms with Crippen molar-refractivity contribution in [2.75, 3.05) is 40.0 Å². The normalized spacial score (nSPS) is 15.7. The lowest BCUT2D eigenvalue weighted by atomic mass is 10.1. The topological polar surface area (TPSA) is 85.6 Å². The first-order chi connectivity index (χ1) is 11.8. The van der Waals surface area contributed by atoms with Crippen molar-refractivity contribution in [1.29, 1.82) is 0 Å². The Hall–Kier alpha value is -0.940. The Morgan fingerprint density at radius 3 is 2.84 bits per heavy atom. The number of halogens is 1. The second kappa shape index (κ2) is 13.3. The van der Waals surface area contributed by atoms with Gasteiger partial charge in [-0.2, -0.15) is 0 Å². The van der Waals surface area contributed by atoms with Crippen LogP contribution in [0.15, 0.2) is 11.3 Å². The van der Waals surface area contributed by atoms with Crippen LogP contribution in [-0.2, 0) is 22.4 Å². The maximum Gasteiger partial charge on any atom is 0.191 e. The lowest BCUT2D eigenvalue weighted by Gasteiger charge is -2.22. The van der Waals surface area contributed by atoms with E-state index in [-0.39, 0.29) is 24.0 Å². The van der Waals surface area contributed by atoms with Crippen molar-refractivity contribution in [3.63, 3.8) is 0 Å². The zero-order valence-electron chi connectivity index (χ0n) is 15.2. The van der Waals surface area contributed by atoms with E-state index in [1.54, 1.807) is 13.4 Å². The molecule has 144 valence electrons. The maximum absolute atomic E-state index is 5.86. The van der Waals surface area contributed by atoms with Crippen molar-refractivity contribution < 1.29 is 9.47 Å². The van der Waals surface area contributed by atoms with Crippen LogP contribution in [-0.4, -0.2) is 66.8 Å². The fourth-order valence-electron chi connectivity index (χ4n) is 2.63. The van der Waals surface area contributed by atoms with E-state index in [2.05, 4.69) is 37.3 Å². The standard InChI is InChI=1S/C16H30N6O2.HI/c1-3-15-21-20-13-22(15)9-8-19-16(17-2)18-7-4-10-24-14-5-11-23-12-6-14;/h13-14H,3-12H2,1-2H3,(H2,17,18,19);1H. The molecule has 0 saturated carbocycles. The average molecular weight is 466 g/mol. The molecule has 9 heteroatoms. The van der Waals surface area contributed by atoms with Gasteiger partial charge < -0.3 is 24.7 Å². The Kier molecular flexibility index (Phi) is 11.7. The SMILES string of the molecule is CCc1nncn1CCNC(=NC)NCCCOC1CCOCC1.I. The van der Waals surface area contributed by atoms with Crippen LogP contribution in [0.1, 0.15) is 32.0 Å². The summed E-state index contributed by atoms with van der Waals surface area (Å²) < 4.78 is 13.2. The number of nitrogens with one attached hydrogen (secondary N) is 2. The molecule has 2 rings (SSSR count). The molecule has 1 aliphatic heterocycles. The molecule has 2 N–H and O–H groups in total. The molecule has 1 saturated heterocycles. The first kappa shape index (κ1) is 22.1. The van der Waals surface area contributed by atoms with E-state index >= 15 is 0 Å². The van der Waals surface area contributed by atoms with Gasteiger partial charge in [0.05, 0.1) is 6.10 Å². The third-order valence-corrected chi connectivity index (χ3v) is 4.02. The molecule has 0 spiro atoms. The van der Waals surface area contributed by atoms with E-state index < -0.39 is 0 Å². The fourth-order valence-corrected chi connectivity index (χ4v) is 2.63. The number of aromatic nitrogens is 3. The summed E-state index contributed by atoms with van der Waals surface area (Å²) in [5, 5.41) is 14.6. The van der Waals surface area contributed by atoms with Crippen LogP contribution < -0.4 is 10.6 Å². The van der Waals surface area contributed by atoms with Gasteiger partial charge in [-0.05, 0) is 19.3 Å². The largest absolute Gasteiger partial charge is 0.381 e. The van der Waals surface area contributed by atoms with Crippen molar-refractivity contribution in [2.24, 2.45) is 4.99 Å². The molecule has 0 amide bonds. The molecular formula is C16H31IN6O2. The molecule has 0 aromatic carbocycles. The zero-order chi connectivity index (χ0) is 17.0. The minimum absolute atomic E-state index is 0. The lowest BCUT2D eigenvalue weighted by molar-refractivity contribution is -0.0320. The quantitative estimate of drug-likeness (QED) is 0.246. The second-order valence-corrected chi connectivity index (χ2v) is 5.76. The predicted molar refractivity (Wildman–Crippen MR) is 109 cm³/mol. The van der Waals surface area contributed by atoms with Gasteiger partial charge in [-0.3, -0.25) is 4.99 Å². The number of hydrogen-bond donors (Lipinski definition) is 2. The van der Waals surface area contributed by atoms with Gasteiger partial charge in [-0.25, -0.2) is 0 Å². The molecule has 1 aliphatic rings. The van der Waals surface area contributed by atoms with E-state index in [0.29, 0.717) is 6.10 Å². The number of hydrogen-bond acceptors (Lipinski definition) is 5. The molecule has 25 heavy (non-hydrogen) atoms. The zero-order valence-corrected chi connectivity index (χ0v) is 17.6. The monoisotopic (exact) mass is 466 g/mol. The van der Waals surface area contributed by atoms with Crippen molar-refractivity contribution in [3.8, 4) is 0 Å². The Bertz CT molecular complexity index is 491. The van der Waals surface area contributed by atoms with E-state index in [4.69, 9.17) is 9.47 Å². The highest BCUT2D eigenvalue weighted by Gasteiger charge is 2.13. The first-order valence-electron chi connectivity index (χ1n) is 8.84. The van der Waals surface area contributed by atoms with Gasteiger partial charge in [0.15, 0.2) is 5.96 Å². The predicted octanol–water partition coefficient (Wildman–Crippen LogP) is 1.21. The van der Waals surface area contributed by atoms with Gasteiger partial charge in [0, 0.05) is 52.9 Å².